The van der Waals surface area contributed by atoms with Gasteiger partial charge in [-0.3, -0.25) is 0 Å². The number of hydrogen-bond donors (Lipinski definition) is 1. The van der Waals surface area contributed by atoms with E-state index in [1.54, 1.807) is 0 Å². The maximum absolute atomic E-state index is 8.28. The third-order valence-electron chi connectivity index (χ3n) is 0. The molecular weight excluding hydrogens is 244 g/mol. The molecular formula is C2H7OTl. The molecule has 0 bridgehead atoms. The van der Waals surface area contributed by atoms with E-state index < -0.39 is 23.2 Å². The molecule has 0 atom stereocenters. The Balaban J connectivity index is 2.32. The van der Waals surface area contributed by atoms with Gasteiger partial charge in [0.05, 0.1) is 0 Å². The average molecular weight is 251 g/mol. The summed E-state index contributed by atoms with van der Waals surface area (Å²) >= 11 is -1.72. The first-order valence-corrected chi connectivity index (χ1v) is 12.4. The van der Waals surface area contributed by atoms with Crippen molar-refractivity contribution >= 4 is 23.2 Å². The van der Waals surface area contributed by atoms with Gasteiger partial charge < -0.3 is 0 Å². The van der Waals surface area contributed by atoms with E-state index in [-0.39, 0.29) is 0 Å². The Bertz CT molecular complexity index is 10.8. The van der Waals surface area contributed by atoms with Crippen molar-refractivity contribution in [2.75, 3.05) is 0 Å². The second-order valence-corrected chi connectivity index (χ2v) is 9.60. The molecule has 0 aromatic heterocycles. The molecule has 4 heavy (non-hydrogen) atoms. The first-order valence-electron chi connectivity index (χ1n) is 1.41. The van der Waals surface area contributed by atoms with E-state index >= 15 is 0 Å². The molecule has 2 heteroatoms. The van der Waals surface area contributed by atoms with Crippen molar-refractivity contribution in [1.29, 1.82) is 0 Å². The van der Waals surface area contributed by atoms with Crippen LogP contribution in [0.2, 0.25) is 8.97 Å². The molecule has 0 fully saturated rings. The minimum absolute atomic E-state index is 1.72. The predicted octanol–water partition coefficient (Wildman–Crippen LogP) is 0.230. The standard InChI is InChI=1S/2CH3.H2O.Tl/h2*1H3;1H2;/q;;;+1/p-1. The zero-order valence-corrected chi connectivity index (χ0v) is 7.51. The maximum atomic E-state index is 8.28. The van der Waals surface area contributed by atoms with Crippen LogP contribution in [-0.2, 0) is 0 Å². The van der Waals surface area contributed by atoms with E-state index in [1.807, 2.05) is 8.97 Å². The van der Waals surface area contributed by atoms with Crippen molar-refractivity contribution in [1.82, 2.24) is 0 Å². The molecule has 0 aliphatic rings. The Hall–Kier alpha value is 0.882. The van der Waals surface area contributed by atoms with Gasteiger partial charge in [-0.15, -0.1) is 0 Å². The third kappa shape index (κ3) is 13.1. The van der Waals surface area contributed by atoms with Crippen LogP contribution in [0.25, 0.3) is 0 Å². The topological polar surface area (TPSA) is 20.2 Å². The molecule has 0 aromatic rings. The number of rotatable bonds is 0. The normalized spacial score (nSPS) is 6.75. The Labute approximate surface area is 35.4 Å². The second kappa shape index (κ2) is 2.14. The van der Waals surface area contributed by atoms with Crippen LogP contribution in [0.4, 0.5) is 0 Å². The zero-order chi connectivity index (χ0) is 3.58. The van der Waals surface area contributed by atoms with Gasteiger partial charge in [-0.25, -0.2) is 0 Å². The summed E-state index contributed by atoms with van der Waals surface area (Å²) < 4.78 is 12.2. The molecule has 0 aliphatic heterocycles. The van der Waals surface area contributed by atoms with Gasteiger partial charge in [0, 0.05) is 0 Å². The fourth-order valence-electron chi connectivity index (χ4n) is 0. The SMILES string of the molecule is [CH3][Tl]([CH3])[OH]. The molecule has 1 N–H and O–H groups in total. The predicted molar refractivity (Wildman–Crippen MR) is 19.7 cm³/mol. The number of hydrogen-bond acceptors (Lipinski definition) is 1. The fourth-order valence-corrected chi connectivity index (χ4v) is 0. The van der Waals surface area contributed by atoms with Crippen molar-refractivity contribution in [3.05, 3.63) is 0 Å². The average Bonchev–Trinajstić information content (AvgIpc) is 0.811. The summed E-state index contributed by atoms with van der Waals surface area (Å²) in [7, 11) is 0. The van der Waals surface area contributed by atoms with Crippen molar-refractivity contribution in [3.8, 4) is 0 Å². The molecule has 0 saturated carbocycles. The summed E-state index contributed by atoms with van der Waals surface area (Å²) in [4.78, 5) is 0. The Morgan fingerprint density at radius 2 is 1.50 bits per heavy atom. The molecule has 1 nitrogen and oxygen atoms in total. The molecule has 0 heterocycles. The van der Waals surface area contributed by atoms with Crippen LogP contribution in [-0.4, -0.2) is 26.2 Å². The summed E-state index contributed by atoms with van der Waals surface area (Å²) in [6.45, 7) is 0. The van der Waals surface area contributed by atoms with Gasteiger partial charge in [-0.05, 0) is 0 Å². The van der Waals surface area contributed by atoms with Crippen molar-refractivity contribution in [2.45, 2.75) is 8.97 Å². The third-order valence-corrected chi connectivity index (χ3v) is 0. The van der Waals surface area contributed by atoms with Crippen molar-refractivity contribution in [3.63, 3.8) is 0 Å². The van der Waals surface area contributed by atoms with Crippen molar-refractivity contribution in [2.24, 2.45) is 0 Å². The van der Waals surface area contributed by atoms with Gasteiger partial charge in [0.2, 0.25) is 0 Å². The summed E-state index contributed by atoms with van der Waals surface area (Å²) in [5.41, 5.74) is 0. The quantitative estimate of drug-likeness (QED) is 0.611. The Morgan fingerprint density at radius 3 is 1.50 bits per heavy atom. The van der Waals surface area contributed by atoms with Gasteiger partial charge in [-0.2, -0.15) is 0 Å². The van der Waals surface area contributed by atoms with E-state index in [2.05, 4.69) is 0 Å². The van der Waals surface area contributed by atoms with Crippen LogP contribution >= 0.6 is 0 Å². The van der Waals surface area contributed by atoms with Crippen molar-refractivity contribution < 1.29 is 3.06 Å². The van der Waals surface area contributed by atoms with Crippen LogP contribution in [0.3, 0.4) is 0 Å². The molecule has 0 unspecified atom stereocenters. The van der Waals surface area contributed by atoms with Gasteiger partial charge in [0.25, 0.3) is 0 Å². The van der Waals surface area contributed by atoms with Crippen LogP contribution in [0.5, 0.6) is 0 Å². The first-order chi connectivity index (χ1) is 1.73. The van der Waals surface area contributed by atoms with E-state index in [0.717, 1.165) is 0 Å². The molecule has 0 amide bonds. The molecule has 0 spiro atoms. The van der Waals surface area contributed by atoms with Crippen LogP contribution in [0.1, 0.15) is 0 Å². The van der Waals surface area contributed by atoms with Crippen LogP contribution in [0.15, 0.2) is 0 Å². The van der Waals surface area contributed by atoms with Crippen LogP contribution in [0, 0.1) is 0 Å². The second-order valence-electron chi connectivity index (χ2n) is 1.09. The molecule has 0 rings (SSSR count). The van der Waals surface area contributed by atoms with Gasteiger partial charge in [0.15, 0.2) is 0 Å². The molecule has 0 saturated heterocycles. The van der Waals surface area contributed by atoms with Gasteiger partial charge in [-0.1, -0.05) is 0 Å². The van der Waals surface area contributed by atoms with E-state index in [1.165, 1.54) is 0 Å². The minimum atomic E-state index is -1.72. The molecule has 0 radical (unpaired) electrons. The summed E-state index contributed by atoms with van der Waals surface area (Å²) in [6, 6.07) is 0. The summed E-state index contributed by atoms with van der Waals surface area (Å²) in [5.74, 6) is 0. The molecule has 24 valence electrons. The first kappa shape index (κ1) is 4.88. The van der Waals surface area contributed by atoms with E-state index in [9.17, 15) is 0 Å². The summed E-state index contributed by atoms with van der Waals surface area (Å²) in [5, 5.41) is 0. The fraction of sp³-hybridized carbons (Fsp3) is 1.00. The summed E-state index contributed by atoms with van der Waals surface area (Å²) in [6.07, 6.45) is 0. The van der Waals surface area contributed by atoms with Gasteiger partial charge >= 0.3 is 35.2 Å². The van der Waals surface area contributed by atoms with Crippen LogP contribution < -0.4 is 0 Å². The van der Waals surface area contributed by atoms with Gasteiger partial charge in [0.1, 0.15) is 0 Å². The zero-order valence-electron chi connectivity index (χ0n) is 3.02. The molecule has 0 aliphatic carbocycles. The molecule has 0 aromatic carbocycles. The monoisotopic (exact) mass is 252 g/mol. The Kier molecular flexibility index (Phi) is 2.61. The van der Waals surface area contributed by atoms with E-state index in [4.69, 9.17) is 3.06 Å². The van der Waals surface area contributed by atoms with E-state index in [0.29, 0.717) is 0 Å². The Morgan fingerprint density at radius 1 is 1.50 bits per heavy atom.